The lowest BCUT2D eigenvalue weighted by Gasteiger charge is -2.10. The van der Waals surface area contributed by atoms with E-state index in [4.69, 9.17) is 0 Å². The number of benzene rings is 2. The first-order valence-corrected chi connectivity index (χ1v) is 7.56. The molecule has 1 amide bonds. The van der Waals surface area contributed by atoms with Gasteiger partial charge in [-0.3, -0.25) is 9.59 Å². The zero-order valence-electron chi connectivity index (χ0n) is 11.7. The van der Waals surface area contributed by atoms with Gasteiger partial charge in [0.1, 0.15) is 0 Å². The summed E-state index contributed by atoms with van der Waals surface area (Å²) in [6, 6.07) is 14.8. The largest absolute Gasteiger partial charge is 0.325 e. The van der Waals surface area contributed by atoms with E-state index < -0.39 is 0 Å². The molecule has 0 aliphatic heterocycles. The van der Waals surface area contributed by atoms with Gasteiger partial charge in [0.15, 0.2) is 5.78 Å². The standard InChI is InChI=1S/C17H16BrNO2/c1-2-16(20)14-9-8-13(18)11-15(14)19-17(21)10-12-6-4-3-5-7-12/h3-9,11H,2,10H2,1H3,(H,19,21). The van der Waals surface area contributed by atoms with Crippen LogP contribution in [0.2, 0.25) is 0 Å². The van der Waals surface area contributed by atoms with Gasteiger partial charge >= 0.3 is 0 Å². The Hall–Kier alpha value is -1.94. The Balaban J connectivity index is 2.16. The molecule has 2 aromatic rings. The van der Waals surface area contributed by atoms with Crippen LogP contribution in [0.25, 0.3) is 0 Å². The number of hydrogen-bond donors (Lipinski definition) is 1. The van der Waals surface area contributed by atoms with Gasteiger partial charge < -0.3 is 5.32 Å². The summed E-state index contributed by atoms with van der Waals surface area (Å²) < 4.78 is 0.824. The smallest absolute Gasteiger partial charge is 0.228 e. The van der Waals surface area contributed by atoms with Gasteiger partial charge in [-0.15, -0.1) is 0 Å². The lowest BCUT2D eigenvalue weighted by Crippen LogP contribution is -2.16. The first-order valence-electron chi connectivity index (χ1n) is 6.76. The van der Waals surface area contributed by atoms with E-state index >= 15 is 0 Å². The van der Waals surface area contributed by atoms with Crippen LogP contribution in [0.4, 0.5) is 5.69 Å². The predicted octanol–water partition coefficient (Wildman–Crippen LogP) is 4.22. The highest BCUT2D eigenvalue weighted by atomic mass is 79.9. The van der Waals surface area contributed by atoms with Crippen LogP contribution < -0.4 is 5.32 Å². The van der Waals surface area contributed by atoms with E-state index in [9.17, 15) is 9.59 Å². The molecule has 3 nitrogen and oxygen atoms in total. The third-order valence-corrected chi connectivity index (χ3v) is 3.58. The molecule has 0 heterocycles. The highest BCUT2D eigenvalue weighted by Gasteiger charge is 2.13. The minimum Gasteiger partial charge on any atom is -0.325 e. The molecular weight excluding hydrogens is 330 g/mol. The summed E-state index contributed by atoms with van der Waals surface area (Å²) in [4.78, 5) is 24.0. The first-order chi connectivity index (χ1) is 10.1. The molecule has 0 fully saturated rings. The third kappa shape index (κ3) is 4.26. The molecule has 0 aliphatic rings. The Labute approximate surface area is 132 Å². The van der Waals surface area contributed by atoms with Gasteiger partial charge in [-0.2, -0.15) is 0 Å². The Morgan fingerprint density at radius 1 is 1.10 bits per heavy atom. The predicted molar refractivity (Wildman–Crippen MR) is 87.5 cm³/mol. The topological polar surface area (TPSA) is 46.2 Å². The summed E-state index contributed by atoms with van der Waals surface area (Å²) in [5.74, 6) is -0.123. The minimum atomic E-state index is -0.135. The number of amides is 1. The zero-order valence-corrected chi connectivity index (χ0v) is 13.3. The van der Waals surface area contributed by atoms with Crippen LogP contribution in [0, 0.1) is 0 Å². The van der Waals surface area contributed by atoms with Gasteiger partial charge in [-0.05, 0) is 23.8 Å². The van der Waals surface area contributed by atoms with E-state index in [0.717, 1.165) is 10.0 Å². The van der Waals surface area contributed by atoms with Crippen molar-refractivity contribution >= 4 is 33.3 Å². The molecule has 21 heavy (non-hydrogen) atoms. The quantitative estimate of drug-likeness (QED) is 0.824. The Kier molecular flexibility index (Phi) is 5.28. The molecule has 0 atom stereocenters. The summed E-state index contributed by atoms with van der Waals surface area (Å²) in [5.41, 5.74) is 2.03. The van der Waals surface area contributed by atoms with Crippen molar-refractivity contribution in [3.8, 4) is 0 Å². The number of anilines is 1. The number of Topliss-reactive ketones (excluding diaryl/α,β-unsaturated/α-hetero) is 1. The van der Waals surface area contributed by atoms with Gasteiger partial charge in [0.05, 0.1) is 12.1 Å². The molecule has 0 aliphatic carbocycles. The number of carbonyl (C=O) groups is 2. The second kappa shape index (κ2) is 7.18. The summed E-state index contributed by atoms with van der Waals surface area (Å²) in [5, 5.41) is 2.83. The highest BCUT2D eigenvalue weighted by Crippen LogP contribution is 2.23. The van der Waals surface area contributed by atoms with Crippen molar-refractivity contribution in [3.05, 3.63) is 64.1 Å². The monoisotopic (exact) mass is 345 g/mol. The number of nitrogens with one attached hydrogen (secondary N) is 1. The highest BCUT2D eigenvalue weighted by molar-refractivity contribution is 9.10. The van der Waals surface area contributed by atoms with Gasteiger partial charge in [-0.25, -0.2) is 0 Å². The number of hydrogen-bond acceptors (Lipinski definition) is 2. The van der Waals surface area contributed by atoms with Crippen LogP contribution in [-0.2, 0) is 11.2 Å². The lowest BCUT2D eigenvalue weighted by atomic mass is 10.1. The van der Waals surface area contributed by atoms with E-state index in [-0.39, 0.29) is 18.1 Å². The van der Waals surface area contributed by atoms with Crippen LogP contribution in [-0.4, -0.2) is 11.7 Å². The first kappa shape index (κ1) is 15.4. The summed E-state index contributed by atoms with van der Waals surface area (Å²) in [6.07, 6.45) is 0.691. The molecule has 0 unspecified atom stereocenters. The van der Waals surface area contributed by atoms with Crippen LogP contribution in [0.5, 0.6) is 0 Å². The zero-order chi connectivity index (χ0) is 15.2. The average molecular weight is 346 g/mol. The number of ketones is 1. The molecule has 1 N–H and O–H groups in total. The molecule has 0 saturated heterocycles. The normalized spacial score (nSPS) is 10.2. The van der Waals surface area contributed by atoms with Crippen molar-refractivity contribution in [3.63, 3.8) is 0 Å². The van der Waals surface area contributed by atoms with Gasteiger partial charge in [0, 0.05) is 16.5 Å². The molecule has 108 valence electrons. The fourth-order valence-electron chi connectivity index (χ4n) is 2.03. The van der Waals surface area contributed by atoms with E-state index in [1.165, 1.54) is 0 Å². The van der Waals surface area contributed by atoms with Gasteiger partial charge in [0.2, 0.25) is 5.91 Å². The summed E-state index contributed by atoms with van der Waals surface area (Å²) >= 11 is 3.36. The average Bonchev–Trinajstić information content (AvgIpc) is 2.47. The van der Waals surface area contributed by atoms with E-state index in [1.807, 2.05) is 30.3 Å². The molecule has 0 bridgehead atoms. The van der Waals surface area contributed by atoms with Crippen LogP contribution in [0.1, 0.15) is 29.3 Å². The molecule has 2 rings (SSSR count). The van der Waals surface area contributed by atoms with Crippen molar-refractivity contribution in [1.82, 2.24) is 0 Å². The van der Waals surface area contributed by atoms with Crippen molar-refractivity contribution in [2.75, 3.05) is 5.32 Å². The van der Waals surface area contributed by atoms with Crippen molar-refractivity contribution in [2.45, 2.75) is 19.8 Å². The number of rotatable bonds is 5. The van der Waals surface area contributed by atoms with Crippen LogP contribution in [0.3, 0.4) is 0 Å². The number of carbonyl (C=O) groups excluding carboxylic acids is 2. The maximum Gasteiger partial charge on any atom is 0.228 e. The van der Waals surface area contributed by atoms with Gasteiger partial charge in [-0.1, -0.05) is 53.2 Å². The molecule has 0 saturated carbocycles. The van der Waals surface area contributed by atoms with Crippen molar-refractivity contribution in [1.29, 1.82) is 0 Å². The number of halogens is 1. The second-order valence-corrected chi connectivity index (χ2v) is 5.59. The van der Waals surface area contributed by atoms with E-state index in [1.54, 1.807) is 25.1 Å². The Morgan fingerprint density at radius 2 is 1.81 bits per heavy atom. The SMILES string of the molecule is CCC(=O)c1ccc(Br)cc1NC(=O)Cc1ccccc1. The van der Waals surface area contributed by atoms with Crippen LogP contribution in [0.15, 0.2) is 53.0 Å². The fourth-order valence-corrected chi connectivity index (χ4v) is 2.39. The molecule has 2 aromatic carbocycles. The Morgan fingerprint density at radius 3 is 2.48 bits per heavy atom. The summed E-state index contributed by atoms with van der Waals surface area (Å²) in [7, 11) is 0. The third-order valence-electron chi connectivity index (χ3n) is 3.08. The second-order valence-electron chi connectivity index (χ2n) is 4.68. The maximum atomic E-state index is 12.1. The maximum absolute atomic E-state index is 12.1. The fraction of sp³-hybridized carbons (Fsp3) is 0.176. The Bertz CT molecular complexity index is 653. The molecule has 0 spiro atoms. The van der Waals surface area contributed by atoms with E-state index in [2.05, 4.69) is 21.2 Å². The molecule has 0 aromatic heterocycles. The van der Waals surface area contributed by atoms with E-state index in [0.29, 0.717) is 17.7 Å². The van der Waals surface area contributed by atoms with Crippen molar-refractivity contribution < 1.29 is 9.59 Å². The van der Waals surface area contributed by atoms with Crippen LogP contribution >= 0.6 is 15.9 Å². The molecule has 4 heteroatoms. The van der Waals surface area contributed by atoms with Crippen molar-refractivity contribution in [2.24, 2.45) is 0 Å². The summed E-state index contributed by atoms with van der Waals surface area (Å²) in [6.45, 7) is 1.81. The molecule has 0 radical (unpaired) electrons. The lowest BCUT2D eigenvalue weighted by molar-refractivity contribution is -0.115. The minimum absolute atomic E-state index is 0.0116. The molecular formula is C17H16BrNO2. The van der Waals surface area contributed by atoms with Gasteiger partial charge in [0.25, 0.3) is 0 Å².